The van der Waals surface area contributed by atoms with Crippen LogP contribution in [0.1, 0.15) is 0 Å². The summed E-state index contributed by atoms with van der Waals surface area (Å²) in [5.41, 5.74) is -3.05. The van der Waals surface area contributed by atoms with Crippen molar-refractivity contribution in [2.75, 3.05) is 5.32 Å². The standard InChI is InChI=1S/C42H29N7O18S5/c50-33-19-24(68(53,54)55)18-29-26(33)12-15-32(42(29)72(65,66)67)46-47-37-28-20-36(71(62,63)64)39(41(52)27(28)13-14-31(37)43-22-6-2-1-3-7-22)48-44-23-10-11-25-21(16-23)17-35(70(59,60)61)38(40(25)51)49-45-30-8-4-5-9-34(30)69(56,57)58/h1-20,43,50-52H,(H,53,54,55)(H,56,57,58)(H,59,60,61)(H,62,63,64)(H,65,66,67). The van der Waals surface area contributed by atoms with Gasteiger partial charge in [-0.1, -0.05) is 30.3 Å². The van der Waals surface area contributed by atoms with Gasteiger partial charge in [-0.25, -0.2) is 0 Å². The van der Waals surface area contributed by atoms with Crippen molar-refractivity contribution in [3.05, 3.63) is 121 Å². The van der Waals surface area contributed by atoms with Crippen LogP contribution in [-0.4, -0.2) is 80.2 Å². The molecule has 0 atom stereocenters. The van der Waals surface area contributed by atoms with Crippen molar-refractivity contribution in [3.63, 3.8) is 0 Å². The van der Waals surface area contributed by atoms with Gasteiger partial charge in [0.05, 0.1) is 16.3 Å². The number of fused-ring (bicyclic) bond motifs is 3. The summed E-state index contributed by atoms with van der Waals surface area (Å²) >= 11 is 0. The first-order valence-corrected chi connectivity index (χ1v) is 26.8. The van der Waals surface area contributed by atoms with E-state index in [-0.39, 0.29) is 44.0 Å². The number of phenolic OH excluding ortho intramolecular Hbond substituents is 3. The molecule has 0 aliphatic rings. The van der Waals surface area contributed by atoms with Gasteiger partial charge < -0.3 is 20.6 Å². The lowest BCUT2D eigenvalue weighted by Gasteiger charge is -2.15. The summed E-state index contributed by atoms with van der Waals surface area (Å²) in [6.45, 7) is 0. The third-order valence-electron chi connectivity index (χ3n) is 10.3. The van der Waals surface area contributed by atoms with Crippen LogP contribution < -0.4 is 5.32 Å². The van der Waals surface area contributed by atoms with E-state index in [0.717, 1.165) is 54.6 Å². The average Bonchev–Trinajstić information content (AvgIpc) is 3.28. The Hall–Kier alpha value is -7.91. The van der Waals surface area contributed by atoms with E-state index in [0.29, 0.717) is 17.8 Å². The number of para-hydroxylation sites is 1. The Labute approximate surface area is 405 Å². The molecule has 72 heavy (non-hydrogen) atoms. The van der Waals surface area contributed by atoms with Crippen molar-refractivity contribution in [3.8, 4) is 17.2 Å². The predicted octanol–water partition coefficient (Wildman–Crippen LogP) is 9.49. The fourth-order valence-corrected chi connectivity index (χ4v) is 10.5. The van der Waals surface area contributed by atoms with E-state index in [1.165, 1.54) is 24.3 Å². The first-order chi connectivity index (χ1) is 33.6. The Morgan fingerprint density at radius 1 is 0.389 bits per heavy atom. The maximum absolute atomic E-state index is 13.1. The molecule has 0 aromatic heterocycles. The second-order valence-corrected chi connectivity index (χ2v) is 21.9. The first kappa shape index (κ1) is 50.5. The Balaban J connectivity index is 1.28. The number of rotatable bonds is 13. The number of benzene rings is 8. The van der Waals surface area contributed by atoms with Crippen molar-refractivity contribution in [2.45, 2.75) is 24.5 Å². The van der Waals surface area contributed by atoms with Gasteiger partial charge in [0.25, 0.3) is 50.6 Å². The van der Waals surface area contributed by atoms with E-state index in [1.807, 2.05) is 0 Å². The molecular weight excluding hydrogens is 1050 g/mol. The molecule has 9 N–H and O–H groups in total. The average molecular weight is 1080 g/mol. The number of azo groups is 3. The predicted molar refractivity (Wildman–Crippen MR) is 255 cm³/mol. The van der Waals surface area contributed by atoms with Crippen LogP contribution in [0, 0.1) is 0 Å². The maximum atomic E-state index is 13.1. The molecule has 30 heteroatoms. The number of phenols is 3. The van der Waals surface area contributed by atoms with Gasteiger partial charge in [-0.2, -0.15) is 47.2 Å². The van der Waals surface area contributed by atoms with Crippen LogP contribution in [-0.2, 0) is 50.6 Å². The first-order valence-electron chi connectivity index (χ1n) is 19.6. The Bertz CT molecular complexity index is 4310. The van der Waals surface area contributed by atoms with Gasteiger partial charge in [-0.3, -0.25) is 22.8 Å². The minimum atomic E-state index is -5.39. The lowest BCUT2D eigenvalue weighted by atomic mass is 10.0. The molecule has 370 valence electrons. The van der Waals surface area contributed by atoms with E-state index in [1.54, 1.807) is 30.3 Å². The summed E-state index contributed by atoms with van der Waals surface area (Å²) in [6, 6.07) is 23.7. The molecule has 0 aliphatic carbocycles. The van der Waals surface area contributed by atoms with Crippen LogP contribution >= 0.6 is 0 Å². The minimum absolute atomic E-state index is 0.00393. The highest BCUT2D eigenvalue weighted by atomic mass is 32.2. The van der Waals surface area contributed by atoms with E-state index < -0.39 is 120 Å². The normalized spacial score (nSPS) is 13.1. The zero-order valence-corrected chi connectivity index (χ0v) is 39.5. The zero-order valence-electron chi connectivity index (χ0n) is 35.4. The van der Waals surface area contributed by atoms with Gasteiger partial charge in [0.2, 0.25) is 0 Å². The molecular formula is C42H29N7O18S5. The van der Waals surface area contributed by atoms with E-state index >= 15 is 0 Å². The van der Waals surface area contributed by atoms with Gasteiger partial charge in [-0.05, 0) is 90.3 Å². The lowest BCUT2D eigenvalue weighted by molar-refractivity contribution is 0.470. The summed E-state index contributed by atoms with van der Waals surface area (Å²) in [5.74, 6) is -2.67. The van der Waals surface area contributed by atoms with Crippen LogP contribution in [0.3, 0.4) is 0 Å². The quantitative estimate of drug-likeness (QED) is 0.0383. The fourth-order valence-electron chi connectivity index (χ4n) is 7.20. The number of hydrogen-bond acceptors (Lipinski definition) is 20. The smallest absolute Gasteiger partial charge is 0.297 e. The van der Waals surface area contributed by atoms with Gasteiger partial charge in [0, 0.05) is 38.7 Å². The Morgan fingerprint density at radius 3 is 1.58 bits per heavy atom. The summed E-state index contributed by atoms with van der Waals surface area (Å²) in [7, 11) is -25.9. The number of nitrogens with zero attached hydrogens (tertiary/aromatic N) is 6. The fraction of sp³-hybridized carbons (Fsp3) is 0. The highest BCUT2D eigenvalue weighted by Gasteiger charge is 2.28. The van der Waals surface area contributed by atoms with Gasteiger partial charge in [-0.15, -0.1) is 25.6 Å². The van der Waals surface area contributed by atoms with Crippen LogP contribution in [0.25, 0.3) is 32.3 Å². The molecule has 0 saturated heterocycles. The molecule has 0 bridgehead atoms. The molecule has 8 aromatic rings. The molecule has 0 fully saturated rings. The molecule has 0 amide bonds. The van der Waals surface area contributed by atoms with Gasteiger partial charge in [0.1, 0.15) is 53.8 Å². The monoisotopic (exact) mass is 1080 g/mol. The van der Waals surface area contributed by atoms with Crippen molar-refractivity contribution in [2.24, 2.45) is 30.7 Å². The van der Waals surface area contributed by atoms with E-state index in [4.69, 9.17) is 0 Å². The Morgan fingerprint density at radius 2 is 0.944 bits per heavy atom. The van der Waals surface area contributed by atoms with Crippen molar-refractivity contribution in [1.29, 1.82) is 0 Å². The molecule has 8 aromatic carbocycles. The molecule has 0 heterocycles. The molecule has 0 aliphatic heterocycles. The lowest BCUT2D eigenvalue weighted by Crippen LogP contribution is -2.02. The zero-order chi connectivity index (χ0) is 52.3. The Kier molecular flexibility index (Phi) is 12.9. The number of anilines is 2. The van der Waals surface area contributed by atoms with Gasteiger partial charge >= 0.3 is 0 Å². The highest BCUT2D eigenvalue weighted by molar-refractivity contribution is 7.87. The van der Waals surface area contributed by atoms with Crippen LogP contribution in [0.2, 0.25) is 0 Å². The number of aromatic hydroxyl groups is 3. The molecule has 0 saturated carbocycles. The van der Waals surface area contributed by atoms with Crippen LogP contribution in [0.4, 0.5) is 45.5 Å². The second-order valence-electron chi connectivity index (χ2n) is 15.0. The van der Waals surface area contributed by atoms with Gasteiger partial charge in [0.15, 0.2) is 11.5 Å². The topological polar surface area (TPSA) is 419 Å². The van der Waals surface area contributed by atoms with E-state index in [2.05, 4.69) is 36.0 Å². The van der Waals surface area contributed by atoms with Crippen LogP contribution in [0.15, 0.2) is 176 Å². The second kappa shape index (κ2) is 18.4. The third kappa shape index (κ3) is 10.2. The summed E-state index contributed by atoms with van der Waals surface area (Å²) in [5, 5.41) is 57.8. The third-order valence-corrected chi connectivity index (χ3v) is 14.8. The van der Waals surface area contributed by atoms with E-state index in [9.17, 15) is 80.2 Å². The SMILES string of the molecule is O=S(=O)(O)c1cc(O)c2ccc(N=Nc3c(Nc4ccccc4)ccc4c(O)c(N=Nc5ccc6c(O)c(N=Nc7ccccc7S(=O)(=O)O)c(S(=O)(=O)O)cc6c5)c(S(=O)(=O)O)cc34)c(S(=O)(=O)O)c2c1. The summed E-state index contributed by atoms with van der Waals surface area (Å²) < 4.78 is 175. The molecule has 0 radical (unpaired) electrons. The highest BCUT2D eigenvalue weighted by Crippen LogP contribution is 2.49. The van der Waals surface area contributed by atoms with Crippen molar-refractivity contribution >= 4 is 128 Å². The number of nitrogens with one attached hydrogen (secondary N) is 1. The molecule has 0 unspecified atom stereocenters. The molecule has 25 nitrogen and oxygen atoms in total. The number of hydrogen-bond donors (Lipinski definition) is 9. The maximum Gasteiger partial charge on any atom is 0.297 e. The summed E-state index contributed by atoms with van der Waals surface area (Å²) in [4.78, 5) is -4.90. The van der Waals surface area contributed by atoms with Crippen molar-refractivity contribution in [1.82, 2.24) is 0 Å². The largest absolute Gasteiger partial charge is 0.507 e. The van der Waals surface area contributed by atoms with Crippen LogP contribution in [0.5, 0.6) is 17.2 Å². The minimum Gasteiger partial charge on any atom is -0.507 e. The molecule has 8 rings (SSSR count). The van der Waals surface area contributed by atoms with Crippen molar-refractivity contribution < 1.29 is 80.2 Å². The molecule has 0 spiro atoms. The summed E-state index contributed by atoms with van der Waals surface area (Å²) in [6.07, 6.45) is 0.